The van der Waals surface area contributed by atoms with E-state index in [4.69, 9.17) is 0 Å². The van der Waals surface area contributed by atoms with E-state index in [0.29, 0.717) is 0 Å². The Kier molecular flexibility index (Phi) is 2.98. The number of rotatable bonds is 2. The van der Waals surface area contributed by atoms with Crippen molar-refractivity contribution in [3.05, 3.63) is 26.2 Å². The molecule has 0 saturated heterocycles. The zero-order valence-corrected chi connectivity index (χ0v) is 7.79. The highest BCUT2D eigenvalue weighted by molar-refractivity contribution is 14.1. The maximum atomic E-state index is 11.8. The summed E-state index contributed by atoms with van der Waals surface area (Å²) in [5.74, 6) is 0. The van der Waals surface area contributed by atoms with Gasteiger partial charge in [-0.3, -0.25) is 4.79 Å². The van der Waals surface area contributed by atoms with Gasteiger partial charge in [-0.05, 0) is 22.6 Å². The van der Waals surface area contributed by atoms with E-state index in [-0.39, 0.29) is 12.1 Å². The molecular formula is C6H6FIN2O. The molecule has 0 amide bonds. The molecular weight excluding hydrogens is 262 g/mol. The lowest BCUT2D eigenvalue weighted by Crippen LogP contribution is -2.22. The quantitative estimate of drug-likeness (QED) is 0.744. The van der Waals surface area contributed by atoms with Crippen LogP contribution in [0.4, 0.5) is 4.39 Å². The molecule has 0 atom stereocenters. The molecule has 0 radical (unpaired) electrons. The molecule has 1 heterocycles. The summed E-state index contributed by atoms with van der Waals surface area (Å²) in [4.78, 5) is 11.0. The smallest absolute Gasteiger partial charge is 0.267 e. The van der Waals surface area contributed by atoms with Crippen molar-refractivity contribution in [3.8, 4) is 0 Å². The predicted molar refractivity (Wildman–Crippen MR) is 47.2 cm³/mol. The maximum Gasteiger partial charge on any atom is 0.267 e. The van der Waals surface area contributed by atoms with Crippen molar-refractivity contribution >= 4 is 22.6 Å². The molecule has 0 bridgehead atoms. The first kappa shape index (κ1) is 8.63. The average molecular weight is 268 g/mol. The SMILES string of the molecule is O=c1cc(I)cnn1CCF. The maximum absolute atomic E-state index is 11.8. The fraction of sp³-hybridized carbons (Fsp3) is 0.333. The van der Waals surface area contributed by atoms with E-state index >= 15 is 0 Å². The number of hydrogen-bond donors (Lipinski definition) is 0. The van der Waals surface area contributed by atoms with Gasteiger partial charge in [0.1, 0.15) is 6.67 Å². The van der Waals surface area contributed by atoms with Gasteiger partial charge in [0, 0.05) is 9.64 Å². The van der Waals surface area contributed by atoms with Gasteiger partial charge in [0.15, 0.2) is 0 Å². The van der Waals surface area contributed by atoms with E-state index in [2.05, 4.69) is 5.10 Å². The van der Waals surface area contributed by atoms with E-state index in [1.807, 2.05) is 22.6 Å². The molecule has 11 heavy (non-hydrogen) atoms. The average Bonchev–Trinajstić information content (AvgIpc) is 1.95. The van der Waals surface area contributed by atoms with Crippen molar-refractivity contribution < 1.29 is 4.39 Å². The van der Waals surface area contributed by atoms with Crippen LogP contribution in [0.15, 0.2) is 17.1 Å². The first-order valence-corrected chi connectivity index (χ1v) is 4.10. The summed E-state index contributed by atoms with van der Waals surface area (Å²) in [6, 6.07) is 1.42. The Morgan fingerprint density at radius 1 is 1.73 bits per heavy atom. The summed E-state index contributed by atoms with van der Waals surface area (Å²) in [7, 11) is 0. The molecule has 0 aliphatic heterocycles. The summed E-state index contributed by atoms with van der Waals surface area (Å²) >= 11 is 1.98. The van der Waals surface area contributed by atoms with E-state index in [1.165, 1.54) is 12.3 Å². The second-order valence-electron chi connectivity index (χ2n) is 1.92. The van der Waals surface area contributed by atoms with Gasteiger partial charge >= 0.3 is 0 Å². The number of aromatic nitrogens is 2. The molecule has 3 nitrogen and oxygen atoms in total. The highest BCUT2D eigenvalue weighted by Gasteiger charge is 1.95. The van der Waals surface area contributed by atoms with Gasteiger partial charge in [-0.25, -0.2) is 9.07 Å². The van der Waals surface area contributed by atoms with Gasteiger partial charge < -0.3 is 0 Å². The minimum Gasteiger partial charge on any atom is -0.268 e. The zero-order valence-electron chi connectivity index (χ0n) is 5.63. The Morgan fingerprint density at radius 2 is 2.45 bits per heavy atom. The highest BCUT2D eigenvalue weighted by atomic mass is 127. The van der Waals surface area contributed by atoms with Crippen LogP contribution >= 0.6 is 22.6 Å². The van der Waals surface area contributed by atoms with Gasteiger partial charge in [0.25, 0.3) is 5.56 Å². The van der Waals surface area contributed by atoms with E-state index < -0.39 is 6.67 Å². The fourth-order valence-corrected chi connectivity index (χ4v) is 1.05. The van der Waals surface area contributed by atoms with Crippen molar-refractivity contribution in [2.45, 2.75) is 6.54 Å². The topological polar surface area (TPSA) is 34.9 Å². The van der Waals surface area contributed by atoms with Crippen molar-refractivity contribution in [3.63, 3.8) is 0 Å². The molecule has 1 aromatic rings. The number of nitrogens with zero attached hydrogens (tertiary/aromatic N) is 2. The van der Waals surface area contributed by atoms with Crippen molar-refractivity contribution in [2.75, 3.05) is 6.67 Å². The molecule has 0 fully saturated rings. The lowest BCUT2D eigenvalue weighted by Gasteiger charge is -1.98. The monoisotopic (exact) mass is 268 g/mol. The minimum atomic E-state index is -0.562. The van der Waals surface area contributed by atoms with Crippen LogP contribution in [-0.4, -0.2) is 16.5 Å². The molecule has 0 spiro atoms. The van der Waals surface area contributed by atoms with Gasteiger partial charge in [-0.1, -0.05) is 0 Å². The van der Waals surface area contributed by atoms with Gasteiger partial charge in [-0.15, -0.1) is 0 Å². The normalized spacial score (nSPS) is 10.0. The minimum absolute atomic E-state index is 0.0375. The standard InChI is InChI=1S/C6H6FIN2O/c7-1-2-10-6(11)3-5(8)4-9-10/h3-4H,1-2H2. The number of hydrogen-bond acceptors (Lipinski definition) is 2. The molecule has 1 rings (SSSR count). The third-order valence-corrected chi connectivity index (χ3v) is 1.72. The Balaban J connectivity index is 3.00. The highest BCUT2D eigenvalue weighted by Crippen LogP contribution is 1.95. The summed E-state index contributed by atoms with van der Waals surface area (Å²) < 4.78 is 13.6. The fourth-order valence-electron chi connectivity index (χ4n) is 0.659. The van der Waals surface area contributed by atoms with Gasteiger partial charge in [-0.2, -0.15) is 5.10 Å². The second-order valence-corrected chi connectivity index (χ2v) is 3.17. The van der Waals surface area contributed by atoms with Crippen molar-refractivity contribution in [2.24, 2.45) is 0 Å². The largest absolute Gasteiger partial charge is 0.268 e. The number of halogens is 2. The van der Waals surface area contributed by atoms with Crippen LogP contribution in [0.25, 0.3) is 0 Å². The van der Waals surface area contributed by atoms with Crippen LogP contribution in [0, 0.1) is 3.57 Å². The van der Waals surface area contributed by atoms with Crippen LogP contribution in [0.2, 0.25) is 0 Å². The molecule has 1 aromatic heterocycles. The number of aryl methyl sites for hydroxylation is 1. The summed E-state index contributed by atoms with van der Waals surface area (Å²) in [6.45, 7) is -0.525. The summed E-state index contributed by atoms with van der Waals surface area (Å²) in [5.41, 5.74) is -0.255. The molecule has 0 aliphatic carbocycles. The third-order valence-electron chi connectivity index (χ3n) is 1.13. The molecule has 60 valence electrons. The summed E-state index contributed by atoms with van der Waals surface area (Å²) in [6.07, 6.45) is 1.53. The molecule has 0 aliphatic rings. The zero-order chi connectivity index (χ0) is 8.27. The summed E-state index contributed by atoms with van der Waals surface area (Å²) in [5, 5.41) is 3.72. The lowest BCUT2D eigenvalue weighted by atomic mass is 10.5. The van der Waals surface area contributed by atoms with Gasteiger partial charge in [0.2, 0.25) is 0 Å². The Labute approximate surface area is 76.4 Å². The van der Waals surface area contributed by atoms with Crippen molar-refractivity contribution in [1.29, 1.82) is 0 Å². The van der Waals surface area contributed by atoms with Crippen LogP contribution in [-0.2, 0) is 6.54 Å². The Bertz CT molecular complexity index is 299. The van der Waals surface area contributed by atoms with E-state index in [1.54, 1.807) is 0 Å². The molecule has 0 aromatic carbocycles. The van der Waals surface area contributed by atoms with E-state index in [0.717, 1.165) is 8.25 Å². The third kappa shape index (κ3) is 2.25. The molecule has 5 heteroatoms. The molecule has 0 N–H and O–H groups in total. The van der Waals surface area contributed by atoms with Crippen LogP contribution in [0.1, 0.15) is 0 Å². The van der Waals surface area contributed by atoms with Crippen LogP contribution in [0.3, 0.4) is 0 Å². The van der Waals surface area contributed by atoms with E-state index in [9.17, 15) is 9.18 Å². The second kappa shape index (κ2) is 3.80. The van der Waals surface area contributed by atoms with Crippen molar-refractivity contribution in [1.82, 2.24) is 9.78 Å². The molecule has 0 unspecified atom stereocenters. The van der Waals surface area contributed by atoms with Crippen LogP contribution in [0.5, 0.6) is 0 Å². The van der Waals surface area contributed by atoms with Gasteiger partial charge in [0.05, 0.1) is 12.7 Å². The van der Waals surface area contributed by atoms with Crippen LogP contribution < -0.4 is 5.56 Å². The first-order chi connectivity index (χ1) is 5.24. The Hall–Kier alpha value is -0.460. The Morgan fingerprint density at radius 3 is 3.00 bits per heavy atom. The lowest BCUT2D eigenvalue weighted by molar-refractivity contribution is 0.417. The first-order valence-electron chi connectivity index (χ1n) is 3.02. The molecule has 0 saturated carbocycles. The number of alkyl halides is 1. The predicted octanol–water partition coefficient (Wildman–Crippen LogP) is 0.817.